The summed E-state index contributed by atoms with van der Waals surface area (Å²) in [5, 5.41) is 5.06. The van der Waals surface area contributed by atoms with Gasteiger partial charge in [-0.3, -0.25) is 0 Å². The molecule has 0 fully saturated rings. The van der Waals surface area contributed by atoms with E-state index in [2.05, 4.69) is 182 Å². The molecular formula is C44H32. The van der Waals surface area contributed by atoms with E-state index in [4.69, 9.17) is 0 Å². The summed E-state index contributed by atoms with van der Waals surface area (Å²) in [6.45, 7) is 0. The number of benzene rings is 8. The van der Waals surface area contributed by atoms with Crippen molar-refractivity contribution >= 4 is 21.5 Å². The maximum Gasteiger partial charge on any atom is -0.00266 e. The van der Waals surface area contributed by atoms with Crippen molar-refractivity contribution in [1.29, 1.82) is 0 Å². The second-order valence-corrected chi connectivity index (χ2v) is 11.0. The molecule has 0 nitrogen and oxygen atoms in total. The molecule has 208 valence electrons. The summed E-state index contributed by atoms with van der Waals surface area (Å²) in [6.07, 6.45) is 0. The first-order chi connectivity index (χ1) is 21.8. The Hall–Kier alpha value is -5.72. The molecule has 0 aliphatic heterocycles. The Balaban J connectivity index is 0.000000218. The summed E-state index contributed by atoms with van der Waals surface area (Å²) >= 11 is 0. The van der Waals surface area contributed by atoms with Crippen molar-refractivity contribution in [2.45, 2.75) is 0 Å². The van der Waals surface area contributed by atoms with E-state index in [0.29, 0.717) is 0 Å². The zero-order valence-corrected chi connectivity index (χ0v) is 24.5. The Bertz CT molecular complexity index is 2110. The molecule has 0 unspecified atom stereocenters. The second kappa shape index (κ2) is 12.7. The minimum atomic E-state index is 1.23. The number of hydrogen-bond donors (Lipinski definition) is 0. The van der Waals surface area contributed by atoms with Gasteiger partial charge in [0.1, 0.15) is 0 Å². The molecule has 8 aromatic carbocycles. The van der Waals surface area contributed by atoms with Gasteiger partial charge in [0.25, 0.3) is 0 Å². The van der Waals surface area contributed by atoms with Crippen LogP contribution < -0.4 is 0 Å². The molecule has 0 spiro atoms. The first-order valence-electron chi connectivity index (χ1n) is 15.1. The highest BCUT2D eigenvalue weighted by molar-refractivity contribution is 5.99. The highest BCUT2D eigenvalue weighted by Gasteiger charge is 2.15. The fourth-order valence-corrected chi connectivity index (χ4v) is 5.93. The van der Waals surface area contributed by atoms with Gasteiger partial charge in [-0.2, -0.15) is 0 Å². The molecule has 0 aromatic heterocycles. The van der Waals surface area contributed by atoms with Crippen LogP contribution in [-0.4, -0.2) is 0 Å². The molecule has 0 N–H and O–H groups in total. The van der Waals surface area contributed by atoms with Crippen molar-refractivity contribution in [2.75, 3.05) is 0 Å². The number of rotatable bonds is 4. The average Bonchev–Trinajstić information content (AvgIpc) is 3.12. The third kappa shape index (κ3) is 5.79. The monoisotopic (exact) mass is 560 g/mol. The molecule has 0 atom stereocenters. The molecule has 44 heavy (non-hydrogen) atoms. The van der Waals surface area contributed by atoms with Crippen LogP contribution in [0.3, 0.4) is 0 Å². The molecule has 0 heteroatoms. The Morgan fingerprint density at radius 3 is 1.11 bits per heavy atom. The minimum Gasteiger partial charge on any atom is -0.0622 e. The summed E-state index contributed by atoms with van der Waals surface area (Å²) in [4.78, 5) is 0. The smallest absolute Gasteiger partial charge is 0.00266 e. The molecule has 8 rings (SSSR count). The van der Waals surface area contributed by atoms with E-state index in [1.807, 2.05) is 12.1 Å². The Kier molecular flexibility index (Phi) is 7.80. The quantitative estimate of drug-likeness (QED) is 0.201. The first kappa shape index (κ1) is 27.1. The van der Waals surface area contributed by atoms with Crippen LogP contribution in [0.1, 0.15) is 0 Å². The lowest BCUT2D eigenvalue weighted by atomic mass is 9.86. The molecule has 0 bridgehead atoms. The lowest BCUT2D eigenvalue weighted by Crippen LogP contribution is -1.91. The molecule has 0 aliphatic carbocycles. The highest BCUT2D eigenvalue weighted by atomic mass is 14.2. The van der Waals surface area contributed by atoms with Crippen LogP contribution in [0.2, 0.25) is 0 Å². The van der Waals surface area contributed by atoms with E-state index in [1.54, 1.807) is 0 Å². The van der Waals surface area contributed by atoms with Crippen molar-refractivity contribution in [2.24, 2.45) is 0 Å². The molecule has 8 aromatic rings. The summed E-state index contributed by atoms with van der Waals surface area (Å²) in [5.74, 6) is 0. The fraction of sp³-hybridized carbons (Fsp3) is 0. The zero-order valence-electron chi connectivity index (χ0n) is 24.5. The average molecular weight is 561 g/mol. The van der Waals surface area contributed by atoms with E-state index >= 15 is 0 Å². The maximum atomic E-state index is 2.32. The Morgan fingerprint density at radius 1 is 0.205 bits per heavy atom. The van der Waals surface area contributed by atoms with E-state index in [-0.39, 0.29) is 0 Å². The molecule has 0 radical (unpaired) electrons. The highest BCUT2D eigenvalue weighted by Crippen LogP contribution is 2.41. The van der Waals surface area contributed by atoms with Gasteiger partial charge in [-0.05, 0) is 78.2 Å². The van der Waals surface area contributed by atoms with Gasteiger partial charge in [0.05, 0.1) is 0 Å². The topological polar surface area (TPSA) is 0 Å². The van der Waals surface area contributed by atoms with Gasteiger partial charge >= 0.3 is 0 Å². The van der Waals surface area contributed by atoms with Crippen molar-refractivity contribution in [3.8, 4) is 44.5 Å². The van der Waals surface area contributed by atoms with Crippen LogP contribution in [0.5, 0.6) is 0 Å². The third-order valence-electron chi connectivity index (χ3n) is 8.13. The van der Waals surface area contributed by atoms with Crippen molar-refractivity contribution in [3.05, 3.63) is 194 Å². The summed E-state index contributed by atoms with van der Waals surface area (Å²) in [6, 6.07) is 68.9. The molecule has 0 heterocycles. The van der Waals surface area contributed by atoms with Crippen molar-refractivity contribution in [1.82, 2.24) is 0 Å². The largest absolute Gasteiger partial charge is 0.0622 e. The summed E-state index contributed by atoms with van der Waals surface area (Å²) in [5.41, 5.74) is 10.1. The van der Waals surface area contributed by atoms with Gasteiger partial charge < -0.3 is 0 Å². The van der Waals surface area contributed by atoms with Gasteiger partial charge in [0, 0.05) is 0 Å². The second-order valence-electron chi connectivity index (χ2n) is 11.0. The fourth-order valence-electron chi connectivity index (χ4n) is 5.93. The lowest BCUT2D eigenvalue weighted by Gasteiger charge is -2.17. The Morgan fingerprint density at radius 2 is 0.591 bits per heavy atom. The molecular weight excluding hydrogens is 528 g/mol. The van der Waals surface area contributed by atoms with Crippen LogP contribution in [0.4, 0.5) is 0 Å². The minimum absolute atomic E-state index is 1.23. The summed E-state index contributed by atoms with van der Waals surface area (Å²) in [7, 11) is 0. The van der Waals surface area contributed by atoms with Crippen molar-refractivity contribution in [3.63, 3.8) is 0 Å². The first-order valence-corrected chi connectivity index (χ1v) is 15.1. The van der Waals surface area contributed by atoms with E-state index in [9.17, 15) is 0 Å². The normalized spacial score (nSPS) is 10.7. The van der Waals surface area contributed by atoms with Gasteiger partial charge in [-0.25, -0.2) is 0 Å². The van der Waals surface area contributed by atoms with Crippen molar-refractivity contribution < 1.29 is 0 Å². The van der Waals surface area contributed by atoms with E-state index in [0.717, 1.165) is 0 Å². The van der Waals surface area contributed by atoms with Gasteiger partial charge in [0.2, 0.25) is 0 Å². The molecule has 0 aliphatic rings. The predicted octanol–water partition coefficient (Wildman–Crippen LogP) is 12.3. The third-order valence-corrected chi connectivity index (χ3v) is 8.13. The van der Waals surface area contributed by atoms with E-state index < -0.39 is 0 Å². The summed E-state index contributed by atoms with van der Waals surface area (Å²) < 4.78 is 0. The van der Waals surface area contributed by atoms with E-state index in [1.165, 1.54) is 66.1 Å². The van der Waals surface area contributed by atoms with Gasteiger partial charge in [-0.1, -0.05) is 182 Å². The molecule has 0 saturated carbocycles. The molecule has 0 saturated heterocycles. The SMILES string of the molecule is c1ccc(-c2cccc(-c3ccc4ccccc4c3)c2-c2ccc3ccccc3c2)cc1.c1ccc(-c2ccccc2)cc1. The zero-order chi connectivity index (χ0) is 29.6. The number of hydrogen-bond acceptors (Lipinski definition) is 0. The van der Waals surface area contributed by atoms with Crippen LogP contribution in [-0.2, 0) is 0 Å². The maximum absolute atomic E-state index is 2.32. The standard InChI is InChI=1S/C32H22.C12H10/c1-2-11-25(12-3-1)30-15-8-16-31(28-19-17-23-9-4-6-13-26(23)21-28)32(30)29-20-18-24-10-5-7-14-27(24)22-29;1-3-7-11(8-4-1)12-9-5-2-6-10-12/h1-22H;1-10H. The van der Waals surface area contributed by atoms with Crippen LogP contribution in [0, 0.1) is 0 Å². The molecule has 0 amide bonds. The van der Waals surface area contributed by atoms with Crippen LogP contribution >= 0.6 is 0 Å². The number of fused-ring (bicyclic) bond motifs is 2. The van der Waals surface area contributed by atoms with Crippen LogP contribution in [0.15, 0.2) is 194 Å². The lowest BCUT2D eigenvalue weighted by molar-refractivity contribution is 1.57. The Labute approximate surface area is 259 Å². The van der Waals surface area contributed by atoms with Crippen LogP contribution in [0.25, 0.3) is 66.1 Å². The predicted molar refractivity (Wildman–Crippen MR) is 190 cm³/mol. The van der Waals surface area contributed by atoms with Gasteiger partial charge in [-0.15, -0.1) is 0 Å². The van der Waals surface area contributed by atoms with Gasteiger partial charge in [0.15, 0.2) is 0 Å².